The van der Waals surface area contributed by atoms with Gasteiger partial charge in [-0.3, -0.25) is 24.1 Å². The first-order chi connectivity index (χ1) is 19.3. The van der Waals surface area contributed by atoms with E-state index in [4.69, 9.17) is 5.73 Å². The molecule has 3 aliphatic rings. The van der Waals surface area contributed by atoms with Gasteiger partial charge >= 0.3 is 0 Å². The molecule has 1 aromatic carbocycles. The molecule has 0 bridgehead atoms. The number of aromatic hydroxyl groups is 1. The number of nitrogens with zero attached hydrogens (tertiary/aromatic N) is 2. The molecule has 1 aromatic rings. The van der Waals surface area contributed by atoms with Crippen LogP contribution in [0.3, 0.4) is 0 Å². The molecule has 1 saturated carbocycles. The predicted octanol–water partition coefficient (Wildman–Crippen LogP) is -0.468. The summed E-state index contributed by atoms with van der Waals surface area (Å²) in [5.41, 5.74) is 2.11. The van der Waals surface area contributed by atoms with Gasteiger partial charge in [0.2, 0.25) is 11.7 Å². The largest absolute Gasteiger partial charge is 0.508 e. The van der Waals surface area contributed by atoms with E-state index in [9.17, 15) is 39.6 Å². The molecule has 4 atom stereocenters. The Hall–Kier alpha value is -3.98. The Bertz CT molecular complexity index is 1460. The molecule has 2 amide bonds. The van der Waals surface area contributed by atoms with Crippen LogP contribution in [0.4, 0.5) is 11.4 Å². The zero-order valence-corrected chi connectivity index (χ0v) is 25.3. The number of ketones is 2. The van der Waals surface area contributed by atoms with Gasteiger partial charge in [-0.25, -0.2) is 0 Å². The molecular weight excluding hydrogens is 562 g/mol. The molecule has 43 heavy (non-hydrogen) atoms. The van der Waals surface area contributed by atoms with Gasteiger partial charge in [0, 0.05) is 36.8 Å². The van der Waals surface area contributed by atoms with Gasteiger partial charge in [0.1, 0.15) is 22.8 Å². The number of anilines is 2. The number of carbonyl (C=O) groups is 4. The molecule has 0 saturated heterocycles. The van der Waals surface area contributed by atoms with E-state index in [1.54, 1.807) is 39.2 Å². The highest BCUT2D eigenvalue weighted by Gasteiger charge is 2.64. The third-order valence-corrected chi connectivity index (χ3v) is 8.23. The van der Waals surface area contributed by atoms with Crippen molar-refractivity contribution in [3.63, 3.8) is 0 Å². The van der Waals surface area contributed by atoms with Crippen molar-refractivity contribution in [2.45, 2.75) is 50.8 Å². The second-order valence-corrected chi connectivity index (χ2v) is 12.7. The zero-order valence-electron chi connectivity index (χ0n) is 25.3. The van der Waals surface area contributed by atoms with Crippen molar-refractivity contribution in [3.05, 3.63) is 34.1 Å². The normalized spacial score (nSPS) is 25.1. The molecule has 1 fully saturated rings. The topological polar surface area (TPSA) is 237 Å². The second-order valence-electron chi connectivity index (χ2n) is 12.7. The second kappa shape index (κ2) is 11.3. The maximum Gasteiger partial charge on any atom is 0.255 e. The number of aliphatic hydroxyl groups is 3. The van der Waals surface area contributed by atoms with E-state index in [-0.39, 0.29) is 47.2 Å². The fourth-order valence-electron chi connectivity index (χ4n) is 6.33. The lowest BCUT2D eigenvalue weighted by molar-refractivity contribution is -0.153. The lowest BCUT2D eigenvalue weighted by Gasteiger charge is -2.50. The molecular formula is C29H41N5O9. The Labute approximate surface area is 249 Å². The molecule has 3 aliphatic carbocycles. The first-order valence-electron chi connectivity index (χ1n) is 13.6. The number of benzene rings is 1. The molecule has 0 spiro atoms. The highest BCUT2D eigenvalue weighted by atomic mass is 16.3. The summed E-state index contributed by atoms with van der Waals surface area (Å²) in [6, 6.07) is 0.409. The van der Waals surface area contributed by atoms with Gasteiger partial charge in [0.15, 0.2) is 11.4 Å². The molecule has 14 heteroatoms. The number of amides is 2. The van der Waals surface area contributed by atoms with E-state index in [2.05, 4.69) is 10.6 Å². The van der Waals surface area contributed by atoms with Gasteiger partial charge in [0.05, 0.1) is 23.8 Å². The third kappa shape index (κ3) is 5.35. The third-order valence-electron chi connectivity index (χ3n) is 8.23. The van der Waals surface area contributed by atoms with Crippen molar-refractivity contribution >= 4 is 40.5 Å². The molecule has 0 aromatic heterocycles. The Morgan fingerprint density at radius 1 is 1.12 bits per heavy atom. The van der Waals surface area contributed by atoms with Gasteiger partial charge in [-0.2, -0.15) is 0 Å². The van der Waals surface area contributed by atoms with Crippen LogP contribution in [0.25, 0.3) is 5.76 Å². The van der Waals surface area contributed by atoms with Crippen molar-refractivity contribution in [1.82, 2.24) is 10.2 Å². The van der Waals surface area contributed by atoms with Gasteiger partial charge in [-0.1, -0.05) is 0 Å². The van der Waals surface area contributed by atoms with E-state index in [1.807, 2.05) is 20.8 Å². The molecule has 0 heterocycles. The number of aliphatic hydroxyl groups excluding tert-OH is 2. The minimum Gasteiger partial charge on any atom is -0.508 e. The minimum atomic E-state index is -2.73. The summed E-state index contributed by atoms with van der Waals surface area (Å²) in [6.45, 7) is 5.62. The van der Waals surface area contributed by atoms with Gasteiger partial charge in [0.25, 0.3) is 5.91 Å². The van der Waals surface area contributed by atoms with Crippen molar-refractivity contribution in [1.29, 1.82) is 0 Å². The summed E-state index contributed by atoms with van der Waals surface area (Å²) < 4.78 is 0. The average Bonchev–Trinajstić information content (AvgIpc) is 2.85. The van der Waals surface area contributed by atoms with Crippen LogP contribution >= 0.6 is 0 Å². The van der Waals surface area contributed by atoms with Crippen LogP contribution in [-0.4, -0.2) is 106 Å². The lowest BCUT2D eigenvalue weighted by Crippen LogP contribution is -2.65. The van der Waals surface area contributed by atoms with Gasteiger partial charge < -0.3 is 47.2 Å². The summed E-state index contributed by atoms with van der Waals surface area (Å²) >= 11 is 0. The maximum absolute atomic E-state index is 14.0. The van der Waals surface area contributed by atoms with Crippen LogP contribution in [0, 0.1) is 11.8 Å². The number of nitrogens with two attached hydrogens (primary N) is 1. The number of carbonyl (C=O) groups excluding carboxylic acids is 4. The smallest absolute Gasteiger partial charge is 0.255 e. The number of likely N-dealkylation sites (N-methyl/N-ethyl adjacent to an activating group) is 1. The van der Waals surface area contributed by atoms with E-state index < -0.39 is 69.7 Å². The summed E-state index contributed by atoms with van der Waals surface area (Å²) in [4.78, 5) is 55.3. The van der Waals surface area contributed by atoms with E-state index in [0.29, 0.717) is 11.3 Å². The molecule has 14 nitrogen and oxygen atoms in total. The highest BCUT2D eigenvalue weighted by molar-refractivity contribution is 6.24. The Morgan fingerprint density at radius 2 is 1.72 bits per heavy atom. The zero-order chi connectivity index (χ0) is 31.6. The van der Waals surface area contributed by atoms with Crippen molar-refractivity contribution in [3.8, 4) is 5.75 Å². The number of Topliss-reactive ketones (excluding diaryl/α,β-unsaturated/α-hetero) is 2. The Balaban J connectivity index is 0.00000506. The van der Waals surface area contributed by atoms with Crippen LogP contribution in [-0.2, 0) is 25.6 Å². The van der Waals surface area contributed by atoms with E-state index in [1.165, 1.54) is 4.90 Å². The fourth-order valence-corrected chi connectivity index (χ4v) is 6.33. The van der Waals surface area contributed by atoms with Gasteiger partial charge in [-0.15, -0.1) is 0 Å². The van der Waals surface area contributed by atoms with E-state index in [0.717, 1.165) is 0 Å². The first-order valence-corrected chi connectivity index (χ1v) is 13.6. The molecule has 3 unspecified atom stereocenters. The maximum atomic E-state index is 14.0. The standard InChI is InChI=1S/C29H39N5O8.H2O/c1-28(2,3)31-11-17(35)32-15-10-16(33(4)5)13-8-12-9-14-21(34(6)7)24(38)20(27(30)41)26(40)29(14,42)25(39)18(12)23(37)19(13)22(15)36;/h10,12,14,21,31,36-37,40,42H,8-9,11H2,1-7H3,(H2,30,41)(H,32,35);1H2/t12?,14?,21?,29-;/m1./s1. The molecule has 0 aliphatic heterocycles. The summed E-state index contributed by atoms with van der Waals surface area (Å²) in [7, 11) is 6.58. The number of nitrogens with one attached hydrogen (secondary N) is 2. The van der Waals surface area contributed by atoms with E-state index >= 15 is 0 Å². The van der Waals surface area contributed by atoms with Crippen LogP contribution in [0.5, 0.6) is 5.75 Å². The quantitative estimate of drug-likeness (QED) is 0.162. The van der Waals surface area contributed by atoms with Crippen molar-refractivity contribution < 1.29 is 45.1 Å². The molecule has 10 N–H and O–H groups in total. The predicted molar refractivity (Wildman–Crippen MR) is 159 cm³/mol. The summed E-state index contributed by atoms with van der Waals surface area (Å²) in [5.74, 6) is -7.79. The number of fused-ring (bicyclic) bond motifs is 3. The monoisotopic (exact) mass is 603 g/mol. The minimum absolute atomic E-state index is 0. The number of primary amides is 1. The number of hydrogen-bond donors (Lipinski definition) is 7. The highest BCUT2D eigenvalue weighted by Crippen LogP contribution is 2.54. The molecule has 236 valence electrons. The fraction of sp³-hybridized carbons (Fsp3) is 0.517. The summed E-state index contributed by atoms with van der Waals surface area (Å²) in [6.07, 6.45) is 0.117. The lowest BCUT2D eigenvalue weighted by atomic mass is 9.57. The number of phenols is 1. The SMILES string of the molecule is CN(C)c1cc(NC(=O)CNC(C)(C)C)c(O)c2c1CC1CC3C(N(C)C)C(=O)C(C(N)=O)=C(O)[C@]3(O)C(=O)C1=C2O.O. The van der Waals surface area contributed by atoms with Crippen molar-refractivity contribution in [2.24, 2.45) is 17.6 Å². The van der Waals surface area contributed by atoms with Crippen molar-refractivity contribution in [2.75, 3.05) is 45.0 Å². The van der Waals surface area contributed by atoms with Crippen LogP contribution in [0.1, 0.15) is 38.3 Å². The first kappa shape index (κ1) is 33.5. The van der Waals surface area contributed by atoms with Gasteiger partial charge in [-0.05, 0) is 65.3 Å². The summed E-state index contributed by atoms with van der Waals surface area (Å²) in [5, 5.41) is 51.3. The van der Waals surface area contributed by atoms with Crippen LogP contribution in [0.15, 0.2) is 23.0 Å². The number of rotatable bonds is 6. The number of hydrogen-bond acceptors (Lipinski definition) is 11. The molecule has 4 rings (SSSR count). The Kier molecular flexibility index (Phi) is 8.78. The van der Waals surface area contributed by atoms with Crippen LogP contribution in [0.2, 0.25) is 0 Å². The Morgan fingerprint density at radius 3 is 2.23 bits per heavy atom. The number of phenolic OH excluding ortho intramolecular Hbond substituents is 1. The molecule has 0 radical (unpaired) electrons. The average molecular weight is 604 g/mol. The van der Waals surface area contributed by atoms with Crippen LogP contribution < -0.4 is 21.3 Å².